The molecule has 0 saturated heterocycles. The summed E-state index contributed by atoms with van der Waals surface area (Å²) in [6, 6.07) is 6.87. The van der Waals surface area contributed by atoms with Crippen molar-refractivity contribution in [2.45, 2.75) is 26.4 Å². The van der Waals surface area contributed by atoms with E-state index in [-0.39, 0.29) is 18.0 Å². The van der Waals surface area contributed by atoms with E-state index in [1.54, 1.807) is 28.3 Å². The number of nitrogens with one attached hydrogen (secondary N) is 1. The number of amides is 3. The van der Waals surface area contributed by atoms with Crippen molar-refractivity contribution in [2.75, 3.05) is 32.6 Å². The van der Waals surface area contributed by atoms with Crippen LogP contribution in [0.4, 0.5) is 10.5 Å². The molecule has 0 spiro atoms. The Bertz CT molecular complexity index is 958. The molecule has 1 N–H and O–H groups in total. The van der Waals surface area contributed by atoms with E-state index in [0.717, 1.165) is 16.9 Å². The number of nitrogens with zero attached hydrogens (tertiary/aromatic N) is 2. The summed E-state index contributed by atoms with van der Waals surface area (Å²) in [6.07, 6.45) is 0. The maximum atomic E-state index is 13.0. The van der Waals surface area contributed by atoms with Crippen LogP contribution in [0.1, 0.15) is 40.7 Å². The molecule has 3 rings (SSSR count). The zero-order valence-corrected chi connectivity index (χ0v) is 18.2. The highest BCUT2D eigenvalue weighted by Crippen LogP contribution is 2.34. The second-order valence-corrected chi connectivity index (χ2v) is 7.97. The topological polar surface area (TPSA) is 88.2 Å². The van der Waals surface area contributed by atoms with Crippen LogP contribution in [0.2, 0.25) is 0 Å². The van der Waals surface area contributed by atoms with E-state index in [1.165, 1.54) is 25.4 Å². The maximum absolute atomic E-state index is 13.0. The van der Waals surface area contributed by atoms with Gasteiger partial charge in [0.1, 0.15) is 17.2 Å². The van der Waals surface area contributed by atoms with Crippen molar-refractivity contribution in [3.8, 4) is 5.75 Å². The smallest absolute Gasteiger partial charge is 0.350 e. The lowest BCUT2D eigenvalue weighted by Gasteiger charge is -2.27. The van der Waals surface area contributed by atoms with E-state index in [1.807, 2.05) is 25.1 Å². The predicted molar refractivity (Wildman–Crippen MR) is 114 cm³/mol. The zero-order chi connectivity index (χ0) is 21.8. The second kappa shape index (κ2) is 9.17. The molecule has 1 aliphatic rings. The molecule has 160 valence electrons. The lowest BCUT2D eigenvalue weighted by atomic mass is 10.0. The third-order valence-corrected chi connectivity index (χ3v) is 5.97. The van der Waals surface area contributed by atoms with Gasteiger partial charge in [-0.25, -0.2) is 9.59 Å². The minimum absolute atomic E-state index is 0.0209. The number of rotatable bonds is 4. The molecule has 0 unspecified atom stereocenters. The van der Waals surface area contributed by atoms with Crippen molar-refractivity contribution >= 4 is 34.9 Å². The summed E-state index contributed by atoms with van der Waals surface area (Å²) in [5, 5.41) is 4.54. The van der Waals surface area contributed by atoms with Crippen LogP contribution in [-0.4, -0.2) is 55.0 Å². The van der Waals surface area contributed by atoms with Crippen LogP contribution in [0.25, 0.3) is 0 Å². The summed E-state index contributed by atoms with van der Waals surface area (Å²) in [4.78, 5) is 40.1. The predicted octanol–water partition coefficient (Wildman–Crippen LogP) is 3.50. The molecule has 0 fully saturated rings. The molecule has 1 aliphatic heterocycles. The fraction of sp³-hybridized carbons (Fsp3) is 0.381. The average molecular weight is 432 g/mol. The van der Waals surface area contributed by atoms with Crippen molar-refractivity contribution in [2.24, 2.45) is 0 Å². The van der Waals surface area contributed by atoms with Gasteiger partial charge >= 0.3 is 12.0 Å². The quantitative estimate of drug-likeness (QED) is 0.749. The van der Waals surface area contributed by atoms with Gasteiger partial charge in [0.05, 0.1) is 25.4 Å². The Morgan fingerprint density at radius 2 is 2.10 bits per heavy atom. The van der Waals surface area contributed by atoms with Crippen molar-refractivity contribution in [3.63, 3.8) is 0 Å². The van der Waals surface area contributed by atoms with Crippen molar-refractivity contribution < 1.29 is 23.9 Å². The number of ether oxygens (including phenoxy) is 2. The van der Waals surface area contributed by atoms with E-state index in [0.29, 0.717) is 30.3 Å². The number of fused-ring (bicyclic) bond motifs is 1. The minimum Gasteiger partial charge on any atom is -0.491 e. The van der Waals surface area contributed by atoms with Gasteiger partial charge in [-0.2, -0.15) is 0 Å². The number of methoxy groups -OCH3 is 1. The zero-order valence-electron chi connectivity index (χ0n) is 17.4. The van der Waals surface area contributed by atoms with E-state index >= 15 is 0 Å². The number of thiophene rings is 1. The van der Waals surface area contributed by atoms with Crippen LogP contribution in [0.5, 0.6) is 5.75 Å². The molecule has 1 aromatic heterocycles. The number of carbonyl (C=O) groups is 3. The Morgan fingerprint density at radius 3 is 2.80 bits per heavy atom. The van der Waals surface area contributed by atoms with Gasteiger partial charge in [-0.05, 0) is 36.1 Å². The van der Waals surface area contributed by atoms with Gasteiger partial charge in [-0.3, -0.25) is 4.79 Å². The molecule has 2 aromatic rings. The fourth-order valence-corrected chi connectivity index (χ4v) is 4.04. The third-order valence-electron chi connectivity index (χ3n) is 5.08. The molecule has 0 aliphatic carbocycles. The number of urea groups is 1. The van der Waals surface area contributed by atoms with Crippen LogP contribution in [0.3, 0.4) is 0 Å². The number of anilines is 1. The molecule has 2 heterocycles. The highest BCUT2D eigenvalue weighted by Gasteiger charge is 2.28. The highest BCUT2D eigenvalue weighted by atomic mass is 32.1. The Hall–Kier alpha value is -3.07. The van der Waals surface area contributed by atoms with Gasteiger partial charge in [-0.15, -0.1) is 11.3 Å². The Labute approximate surface area is 179 Å². The SMILES string of the molecule is COC(=O)c1sccc1NC(=O)N1CCOc2ccc(CN(C)C(C)=O)cc2[C@@H]1C. The molecule has 0 bridgehead atoms. The van der Waals surface area contributed by atoms with E-state index in [4.69, 9.17) is 9.47 Å². The summed E-state index contributed by atoms with van der Waals surface area (Å²) in [6.45, 7) is 4.67. The molecule has 8 nitrogen and oxygen atoms in total. The van der Waals surface area contributed by atoms with Gasteiger partial charge in [0.15, 0.2) is 0 Å². The molecule has 0 saturated carbocycles. The highest BCUT2D eigenvalue weighted by molar-refractivity contribution is 7.12. The van der Waals surface area contributed by atoms with Crippen molar-refractivity contribution in [1.29, 1.82) is 0 Å². The average Bonchev–Trinajstić information content (AvgIpc) is 3.11. The van der Waals surface area contributed by atoms with Gasteiger partial charge in [-0.1, -0.05) is 6.07 Å². The second-order valence-electron chi connectivity index (χ2n) is 7.05. The summed E-state index contributed by atoms with van der Waals surface area (Å²) < 4.78 is 10.6. The Balaban J connectivity index is 1.81. The van der Waals surface area contributed by atoms with E-state index in [9.17, 15) is 14.4 Å². The van der Waals surface area contributed by atoms with E-state index < -0.39 is 5.97 Å². The summed E-state index contributed by atoms with van der Waals surface area (Å²) in [5.41, 5.74) is 2.25. The first-order valence-corrected chi connectivity index (χ1v) is 10.4. The van der Waals surface area contributed by atoms with Crippen LogP contribution in [-0.2, 0) is 16.1 Å². The van der Waals surface area contributed by atoms with Gasteiger partial charge in [0, 0.05) is 26.1 Å². The maximum Gasteiger partial charge on any atom is 0.350 e. The van der Waals surface area contributed by atoms with Crippen LogP contribution in [0.15, 0.2) is 29.6 Å². The number of benzene rings is 1. The standard InChI is InChI=1S/C21H25N3O5S/c1-13-16-11-15(12-23(3)14(2)25)5-6-18(16)29-9-8-24(13)21(27)22-17-7-10-30-19(17)20(26)28-4/h5-7,10-11,13H,8-9,12H2,1-4H3,(H,22,27)/t13-/m0/s1. The first kappa shape index (κ1) is 21.6. The molecule has 1 atom stereocenters. The van der Waals surface area contributed by atoms with Gasteiger partial charge in [0.25, 0.3) is 0 Å². The summed E-state index contributed by atoms with van der Waals surface area (Å²) in [5.74, 6) is 0.211. The van der Waals surface area contributed by atoms with Crippen molar-refractivity contribution in [1.82, 2.24) is 9.80 Å². The summed E-state index contributed by atoms with van der Waals surface area (Å²) in [7, 11) is 3.05. The number of hydrogen-bond acceptors (Lipinski definition) is 6. The van der Waals surface area contributed by atoms with Crippen LogP contribution in [0, 0.1) is 0 Å². The first-order chi connectivity index (χ1) is 14.3. The van der Waals surface area contributed by atoms with Gasteiger partial charge < -0.3 is 24.6 Å². The minimum atomic E-state index is -0.489. The molecular formula is C21H25N3O5S. The van der Waals surface area contributed by atoms with Crippen molar-refractivity contribution in [3.05, 3.63) is 45.6 Å². The molecule has 3 amide bonds. The number of esters is 1. The monoisotopic (exact) mass is 431 g/mol. The first-order valence-electron chi connectivity index (χ1n) is 9.52. The number of hydrogen-bond donors (Lipinski definition) is 1. The lowest BCUT2D eigenvalue weighted by Crippen LogP contribution is -2.38. The normalized spacial score (nSPS) is 15.5. The molecule has 0 radical (unpaired) electrons. The molecular weight excluding hydrogens is 406 g/mol. The van der Waals surface area contributed by atoms with Crippen LogP contribution < -0.4 is 10.1 Å². The van der Waals surface area contributed by atoms with Crippen LogP contribution >= 0.6 is 11.3 Å². The summed E-state index contributed by atoms with van der Waals surface area (Å²) >= 11 is 1.21. The fourth-order valence-electron chi connectivity index (χ4n) is 3.28. The number of carbonyl (C=O) groups excluding carboxylic acids is 3. The Morgan fingerprint density at radius 1 is 1.33 bits per heavy atom. The molecule has 9 heteroatoms. The third kappa shape index (κ3) is 4.56. The Kier molecular flexibility index (Phi) is 6.61. The van der Waals surface area contributed by atoms with E-state index in [2.05, 4.69) is 5.32 Å². The molecule has 1 aromatic carbocycles. The lowest BCUT2D eigenvalue weighted by molar-refractivity contribution is -0.128. The molecule has 30 heavy (non-hydrogen) atoms. The largest absolute Gasteiger partial charge is 0.491 e. The van der Waals surface area contributed by atoms with Gasteiger partial charge in [0.2, 0.25) is 5.91 Å².